The van der Waals surface area contributed by atoms with Gasteiger partial charge in [-0.1, -0.05) is 27.7 Å². The summed E-state index contributed by atoms with van der Waals surface area (Å²) in [6.45, 7) is 8.87. The second-order valence-electron chi connectivity index (χ2n) is 4.99. The van der Waals surface area contributed by atoms with Gasteiger partial charge in [0.1, 0.15) is 0 Å². The summed E-state index contributed by atoms with van der Waals surface area (Å²) in [6.07, 6.45) is 1.22. The van der Waals surface area contributed by atoms with Gasteiger partial charge in [0.25, 0.3) is 0 Å². The van der Waals surface area contributed by atoms with Crippen molar-refractivity contribution in [2.45, 2.75) is 45.3 Å². The Morgan fingerprint density at radius 3 is 2.27 bits per heavy atom. The minimum atomic E-state index is -0.738. The summed E-state index contributed by atoms with van der Waals surface area (Å²) in [5.74, 6) is 0.179. The number of rotatable bonds is 7. The number of carboxylic acid groups (broad SMARTS) is 1. The fraction of sp³-hybridized carbons (Fsp3) is 0.909. The number of carboxylic acids is 1. The maximum Gasteiger partial charge on any atom is 0.304 e. The van der Waals surface area contributed by atoms with Crippen molar-refractivity contribution in [3.8, 4) is 0 Å². The van der Waals surface area contributed by atoms with Gasteiger partial charge in [0.15, 0.2) is 0 Å². The third-order valence-electron chi connectivity index (χ3n) is 2.73. The number of hydrogen-bond donors (Lipinski definition) is 2. The highest BCUT2D eigenvalue weighted by atomic mass is 32.2. The SMILES string of the molecule is CCC(C)(CN)CSC(C)(C)CC(=O)O. The van der Waals surface area contributed by atoms with Crippen molar-refractivity contribution in [1.29, 1.82) is 0 Å². The van der Waals surface area contributed by atoms with Crippen LogP contribution in [-0.4, -0.2) is 28.1 Å². The van der Waals surface area contributed by atoms with Gasteiger partial charge in [0, 0.05) is 10.5 Å². The highest BCUT2D eigenvalue weighted by Crippen LogP contribution is 2.34. The minimum absolute atomic E-state index is 0.125. The van der Waals surface area contributed by atoms with E-state index in [-0.39, 0.29) is 16.6 Å². The van der Waals surface area contributed by atoms with E-state index in [1.165, 1.54) is 0 Å². The summed E-state index contributed by atoms with van der Waals surface area (Å²) < 4.78 is -0.211. The van der Waals surface area contributed by atoms with E-state index in [1.54, 1.807) is 11.8 Å². The largest absolute Gasteiger partial charge is 0.481 e. The van der Waals surface area contributed by atoms with Crippen LogP contribution in [0.1, 0.15) is 40.5 Å². The second-order valence-corrected chi connectivity index (χ2v) is 6.67. The molecule has 3 nitrogen and oxygen atoms in total. The van der Waals surface area contributed by atoms with Crippen LogP contribution in [-0.2, 0) is 4.79 Å². The minimum Gasteiger partial charge on any atom is -0.481 e. The molecule has 0 aliphatic carbocycles. The summed E-state index contributed by atoms with van der Waals surface area (Å²) in [5.41, 5.74) is 5.84. The lowest BCUT2D eigenvalue weighted by molar-refractivity contribution is -0.137. The van der Waals surface area contributed by atoms with Gasteiger partial charge in [-0.25, -0.2) is 0 Å². The Balaban J connectivity index is 4.18. The van der Waals surface area contributed by atoms with Gasteiger partial charge >= 0.3 is 5.97 Å². The molecule has 15 heavy (non-hydrogen) atoms. The number of nitrogens with two attached hydrogens (primary N) is 1. The van der Waals surface area contributed by atoms with E-state index < -0.39 is 5.97 Å². The lowest BCUT2D eigenvalue weighted by Crippen LogP contribution is -2.32. The van der Waals surface area contributed by atoms with E-state index in [4.69, 9.17) is 10.8 Å². The molecule has 0 spiro atoms. The fourth-order valence-electron chi connectivity index (χ4n) is 1.09. The number of aliphatic carboxylic acids is 1. The van der Waals surface area contributed by atoms with Crippen LogP contribution < -0.4 is 5.73 Å². The van der Waals surface area contributed by atoms with Crippen molar-refractivity contribution in [3.63, 3.8) is 0 Å². The Morgan fingerprint density at radius 2 is 1.93 bits per heavy atom. The molecule has 0 radical (unpaired) electrons. The van der Waals surface area contributed by atoms with Crippen LogP contribution in [0.2, 0.25) is 0 Å². The number of thioether (sulfide) groups is 1. The van der Waals surface area contributed by atoms with E-state index in [0.717, 1.165) is 12.2 Å². The molecule has 3 N–H and O–H groups in total. The van der Waals surface area contributed by atoms with Gasteiger partial charge in [0.2, 0.25) is 0 Å². The van der Waals surface area contributed by atoms with Gasteiger partial charge in [0.05, 0.1) is 6.42 Å². The highest BCUT2D eigenvalue weighted by molar-refractivity contribution is 8.00. The number of carbonyl (C=O) groups is 1. The van der Waals surface area contributed by atoms with Crippen molar-refractivity contribution in [3.05, 3.63) is 0 Å². The zero-order valence-electron chi connectivity index (χ0n) is 10.2. The molecule has 1 atom stereocenters. The Bertz CT molecular complexity index is 213. The third-order valence-corrected chi connectivity index (χ3v) is 4.50. The molecule has 4 heteroatoms. The smallest absolute Gasteiger partial charge is 0.304 e. The normalized spacial score (nSPS) is 16.1. The maximum absolute atomic E-state index is 10.6. The van der Waals surface area contributed by atoms with Gasteiger partial charge in [-0.05, 0) is 18.4 Å². The zero-order valence-corrected chi connectivity index (χ0v) is 11.0. The van der Waals surface area contributed by atoms with E-state index in [1.807, 2.05) is 13.8 Å². The van der Waals surface area contributed by atoms with Crippen LogP contribution in [0.3, 0.4) is 0 Å². The number of hydrogen-bond acceptors (Lipinski definition) is 3. The van der Waals surface area contributed by atoms with Crippen LogP contribution in [0.5, 0.6) is 0 Å². The van der Waals surface area contributed by atoms with Crippen molar-refractivity contribution in [2.75, 3.05) is 12.3 Å². The standard InChI is InChI=1S/C11H23NO2S/c1-5-11(4,7-12)8-15-10(2,3)6-9(13)14/h5-8,12H2,1-4H3,(H,13,14). The van der Waals surface area contributed by atoms with Gasteiger partial charge < -0.3 is 10.8 Å². The van der Waals surface area contributed by atoms with Crippen LogP contribution in [0, 0.1) is 5.41 Å². The van der Waals surface area contributed by atoms with Gasteiger partial charge in [-0.15, -0.1) is 0 Å². The highest BCUT2D eigenvalue weighted by Gasteiger charge is 2.27. The van der Waals surface area contributed by atoms with Gasteiger partial charge in [-0.3, -0.25) is 4.79 Å². The van der Waals surface area contributed by atoms with Crippen LogP contribution >= 0.6 is 11.8 Å². The molecular weight excluding hydrogens is 210 g/mol. The quantitative estimate of drug-likeness (QED) is 0.708. The van der Waals surface area contributed by atoms with Gasteiger partial charge in [-0.2, -0.15) is 11.8 Å². The molecule has 0 aliphatic heterocycles. The van der Waals surface area contributed by atoms with E-state index in [0.29, 0.717) is 6.54 Å². The molecular formula is C11H23NO2S. The van der Waals surface area contributed by atoms with E-state index >= 15 is 0 Å². The zero-order chi connectivity index (χ0) is 12.1. The van der Waals surface area contributed by atoms with Crippen LogP contribution in [0.25, 0.3) is 0 Å². The first kappa shape index (κ1) is 14.8. The van der Waals surface area contributed by atoms with Crippen LogP contribution in [0.4, 0.5) is 0 Å². The monoisotopic (exact) mass is 233 g/mol. The summed E-state index contributed by atoms with van der Waals surface area (Å²) >= 11 is 1.70. The molecule has 0 saturated carbocycles. The molecule has 0 rings (SSSR count). The third kappa shape index (κ3) is 6.05. The fourth-order valence-corrected chi connectivity index (χ4v) is 2.38. The maximum atomic E-state index is 10.6. The molecule has 0 aromatic rings. The predicted octanol–water partition coefficient (Wildman–Crippen LogP) is 2.35. The molecule has 0 heterocycles. The van der Waals surface area contributed by atoms with E-state index in [2.05, 4.69) is 13.8 Å². The lowest BCUT2D eigenvalue weighted by atomic mass is 9.90. The molecule has 90 valence electrons. The van der Waals surface area contributed by atoms with Crippen molar-refractivity contribution >= 4 is 17.7 Å². The molecule has 0 aromatic heterocycles. The van der Waals surface area contributed by atoms with Crippen molar-refractivity contribution < 1.29 is 9.90 Å². The summed E-state index contributed by atoms with van der Waals surface area (Å²) in [5, 5.41) is 8.75. The van der Waals surface area contributed by atoms with E-state index in [9.17, 15) is 4.79 Å². The average Bonchev–Trinajstić information content (AvgIpc) is 2.12. The topological polar surface area (TPSA) is 63.3 Å². The summed E-state index contributed by atoms with van der Waals surface area (Å²) in [6, 6.07) is 0. The molecule has 0 amide bonds. The Kier molecular flexibility index (Phi) is 5.67. The first-order chi connectivity index (χ1) is 6.74. The average molecular weight is 233 g/mol. The molecule has 0 fully saturated rings. The lowest BCUT2D eigenvalue weighted by Gasteiger charge is -2.31. The van der Waals surface area contributed by atoms with Crippen molar-refractivity contribution in [1.82, 2.24) is 0 Å². The Labute approximate surface area is 96.8 Å². The molecule has 0 aliphatic rings. The first-order valence-corrected chi connectivity index (χ1v) is 6.29. The molecule has 0 aromatic carbocycles. The predicted molar refractivity (Wildman–Crippen MR) is 66.2 cm³/mol. The summed E-state index contributed by atoms with van der Waals surface area (Å²) in [4.78, 5) is 10.6. The van der Waals surface area contributed by atoms with Crippen molar-refractivity contribution in [2.24, 2.45) is 11.1 Å². The Morgan fingerprint density at radius 1 is 1.40 bits per heavy atom. The summed E-state index contributed by atoms with van der Waals surface area (Å²) in [7, 11) is 0. The van der Waals surface area contributed by atoms with Crippen LogP contribution in [0.15, 0.2) is 0 Å². The Hall–Kier alpha value is -0.220. The molecule has 0 bridgehead atoms. The first-order valence-electron chi connectivity index (χ1n) is 5.30. The molecule has 0 saturated heterocycles. The second kappa shape index (κ2) is 5.75. The molecule has 1 unspecified atom stereocenters.